The van der Waals surface area contributed by atoms with Crippen molar-refractivity contribution in [2.45, 2.75) is 27.2 Å². The second-order valence-electron chi connectivity index (χ2n) is 5.69. The Balaban J connectivity index is 2.38. The van der Waals surface area contributed by atoms with Crippen molar-refractivity contribution < 1.29 is 19.4 Å². The first-order valence-electron chi connectivity index (χ1n) is 8.46. The van der Waals surface area contributed by atoms with Gasteiger partial charge in [0.25, 0.3) is 0 Å². The van der Waals surface area contributed by atoms with Gasteiger partial charge in [0, 0.05) is 0 Å². The summed E-state index contributed by atoms with van der Waals surface area (Å²) >= 11 is 0. The van der Waals surface area contributed by atoms with E-state index in [0.29, 0.717) is 18.8 Å². The molecule has 0 bridgehead atoms. The van der Waals surface area contributed by atoms with Crippen molar-refractivity contribution >= 4 is 17.6 Å². The molecule has 0 heterocycles. The van der Waals surface area contributed by atoms with Gasteiger partial charge in [0.15, 0.2) is 0 Å². The van der Waals surface area contributed by atoms with Crippen molar-refractivity contribution in [1.29, 1.82) is 0 Å². The molecule has 132 valence electrons. The number of carboxylic acids is 1. The lowest BCUT2D eigenvalue weighted by Crippen LogP contribution is -2.03. The van der Waals surface area contributed by atoms with Crippen molar-refractivity contribution in [1.82, 2.24) is 0 Å². The van der Waals surface area contributed by atoms with Crippen LogP contribution in [0.3, 0.4) is 0 Å². The minimum Gasteiger partial charge on any atom is -0.494 e. The van der Waals surface area contributed by atoms with Gasteiger partial charge in [-0.3, -0.25) is 0 Å². The monoisotopic (exact) mass is 340 g/mol. The molecule has 4 nitrogen and oxygen atoms in total. The molecule has 0 atom stereocenters. The second-order valence-corrected chi connectivity index (χ2v) is 5.69. The molecule has 4 heteroatoms. The third-order valence-corrected chi connectivity index (χ3v) is 3.67. The predicted molar refractivity (Wildman–Crippen MR) is 100 cm³/mol. The highest BCUT2D eigenvalue weighted by Gasteiger charge is 2.14. The van der Waals surface area contributed by atoms with Crippen molar-refractivity contribution in [3.8, 4) is 11.5 Å². The molecule has 2 aromatic carbocycles. The predicted octanol–water partition coefficient (Wildman–Crippen LogP) is 4.81. The zero-order valence-corrected chi connectivity index (χ0v) is 14.9. The maximum absolute atomic E-state index is 11.8. The highest BCUT2D eigenvalue weighted by atomic mass is 16.5. The van der Waals surface area contributed by atoms with E-state index in [1.54, 1.807) is 12.1 Å². The van der Waals surface area contributed by atoms with Crippen LogP contribution in [0.25, 0.3) is 11.6 Å². The zero-order chi connectivity index (χ0) is 18.2. The molecule has 0 saturated heterocycles. The Morgan fingerprint density at radius 2 is 1.84 bits per heavy atom. The van der Waals surface area contributed by atoms with Crippen molar-refractivity contribution in [2.75, 3.05) is 13.2 Å². The van der Waals surface area contributed by atoms with Crippen LogP contribution in [0.2, 0.25) is 0 Å². The molecule has 0 aliphatic heterocycles. The van der Waals surface area contributed by atoms with Gasteiger partial charge in [0.2, 0.25) is 0 Å². The largest absolute Gasteiger partial charge is 0.494 e. The van der Waals surface area contributed by atoms with Crippen molar-refractivity contribution in [3.05, 3.63) is 59.2 Å². The Labute approximate surface area is 148 Å². The Morgan fingerprint density at radius 3 is 2.48 bits per heavy atom. The molecule has 25 heavy (non-hydrogen) atoms. The number of benzene rings is 2. The van der Waals surface area contributed by atoms with E-state index in [4.69, 9.17) is 9.47 Å². The van der Waals surface area contributed by atoms with Gasteiger partial charge < -0.3 is 14.6 Å². The van der Waals surface area contributed by atoms with E-state index in [0.717, 1.165) is 29.0 Å². The lowest BCUT2D eigenvalue weighted by Gasteiger charge is -2.11. The standard InChI is InChI=1S/C21H24O4/c1-4-11-25-18-9-10-19(15(3)12-18)20(21(22)23)14-16-7-6-8-17(13-16)24-5-2/h6-10,12-14H,4-5,11H2,1-3H3,(H,22,23)/b20-14-. The molecule has 0 spiro atoms. The lowest BCUT2D eigenvalue weighted by atomic mass is 9.98. The summed E-state index contributed by atoms with van der Waals surface area (Å²) in [4.78, 5) is 11.8. The fourth-order valence-electron chi connectivity index (χ4n) is 2.53. The molecular formula is C21H24O4. The summed E-state index contributed by atoms with van der Waals surface area (Å²) in [6.45, 7) is 7.06. The minimum atomic E-state index is -0.966. The van der Waals surface area contributed by atoms with Crippen LogP contribution in [0.5, 0.6) is 11.5 Å². The molecule has 1 N–H and O–H groups in total. The smallest absolute Gasteiger partial charge is 0.336 e. The fourth-order valence-corrected chi connectivity index (χ4v) is 2.53. The Morgan fingerprint density at radius 1 is 1.08 bits per heavy atom. The second kappa shape index (κ2) is 8.92. The Hall–Kier alpha value is -2.75. The number of aryl methyl sites for hydroxylation is 1. The normalized spacial score (nSPS) is 11.2. The molecule has 0 aliphatic rings. The summed E-state index contributed by atoms with van der Waals surface area (Å²) in [6, 6.07) is 12.9. The van der Waals surface area contributed by atoms with Gasteiger partial charge in [0.05, 0.1) is 18.8 Å². The van der Waals surface area contributed by atoms with Gasteiger partial charge in [-0.05, 0) is 67.3 Å². The summed E-state index contributed by atoms with van der Waals surface area (Å²) in [5, 5.41) is 9.67. The van der Waals surface area contributed by atoms with Crippen LogP contribution < -0.4 is 9.47 Å². The van der Waals surface area contributed by atoms with E-state index in [-0.39, 0.29) is 5.57 Å². The van der Waals surface area contributed by atoms with Crippen LogP contribution in [0, 0.1) is 6.92 Å². The van der Waals surface area contributed by atoms with Gasteiger partial charge in [-0.15, -0.1) is 0 Å². The van der Waals surface area contributed by atoms with E-state index in [1.807, 2.05) is 57.2 Å². The van der Waals surface area contributed by atoms with Gasteiger partial charge in [-0.2, -0.15) is 0 Å². The summed E-state index contributed by atoms with van der Waals surface area (Å²) in [6.07, 6.45) is 2.59. The number of rotatable bonds is 8. The number of carboxylic acid groups (broad SMARTS) is 1. The first kappa shape index (κ1) is 18.6. The quantitative estimate of drug-likeness (QED) is 0.553. The van der Waals surface area contributed by atoms with Gasteiger partial charge in [0.1, 0.15) is 11.5 Å². The number of hydrogen-bond acceptors (Lipinski definition) is 3. The van der Waals surface area contributed by atoms with Crippen LogP contribution in [-0.2, 0) is 4.79 Å². The summed E-state index contributed by atoms with van der Waals surface area (Å²) in [5.74, 6) is 0.513. The molecule has 0 unspecified atom stereocenters. The number of aliphatic carboxylic acids is 1. The first-order valence-corrected chi connectivity index (χ1v) is 8.46. The highest BCUT2D eigenvalue weighted by molar-refractivity contribution is 6.21. The molecule has 0 aromatic heterocycles. The number of carbonyl (C=O) groups is 1. The first-order chi connectivity index (χ1) is 12.0. The molecule has 0 amide bonds. The number of hydrogen-bond donors (Lipinski definition) is 1. The minimum absolute atomic E-state index is 0.244. The Kier molecular flexibility index (Phi) is 6.63. The molecule has 2 aromatic rings. The third kappa shape index (κ3) is 5.11. The summed E-state index contributed by atoms with van der Waals surface area (Å²) in [7, 11) is 0. The van der Waals surface area contributed by atoms with E-state index < -0.39 is 5.97 Å². The number of ether oxygens (including phenoxy) is 2. The topological polar surface area (TPSA) is 55.8 Å². The van der Waals surface area contributed by atoms with Gasteiger partial charge >= 0.3 is 5.97 Å². The molecule has 2 rings (SSSR count). The molecule has 0 aliphatic carbocycles. The van der Waals surface area contributed by atoms with E-state index >= 15 is 0 Å². The maximum atomic E-state index is 11.8. The van der Waals surface area contributed by atoms with Gasteiger partial charge in [-0.1, -0.05) is 25.1 Å². The molecular weight excluding hydrogens is 316 g/mol. The SMILES string of the molecule is CCCOc1ccc(/C(=C/c2cccc(OCC)c2)C(=O)O)c(C)c1. The van der Waals surface area contributed by atoms with Gasteiger partial charge in [-0.25, -0.2) is 4.79 Å². The molecule has 0 radical (unpaired) electrons. The third-order valence-electron chi connectivity index (χ3n) is 3.67. The van der Waals surface area contributed by atoms with Crippen LogP contribution in [0.15, 0.2) is 42.5 Å². The van der Waals surface area contributed by atoms with Crippen LogP contribution in [0.1, 0.15) is 37.0 Å². The van der Waals surface area contributed by atoms with Crippen molar-refractivity contribution in [3.63, 3.8) is 0 Å². The average Bonchev–Trinajstić information content (AvgIpc) is 2.59. The average molecular weight is 340 g/mol. The zero-order valence-electron chi connectivity index (χ0n) is 14.9. The van der Waals surface area contributed by atoms with E-state index in [2.05, 4.69) is 0 Å². The summed E-state index contributed by atoms with van der Waals surface area (Å²) in [5.41, 5.74) is 2.57. The van der Waals surface area contributed by atoms with Crippen LogP contribution in [0.4, 0.5) is 0 Å². The molecule has 0 fully saturated rings. The van der Waals surface area contributed by atoms with E-state index in [1.165, 1.54) is 0 Å². The fraction of sp³-hybridized carbons (Fsp3) is 0.286. The summed E-state index contributed by atoms with van der Waals surface area (Å²) < 4.78 is 11.1. The van der Waals surface area contributed by atoms with Crippen LogP contribution in [-0.4, -0.2) is 24.3 Å². The van der Waals surface area contributed by atoms with E-state index in [9.17, 15) is 9.90 Å². The van der Waals surface area contributed by atoms with Crippen LogP contribution >= 0.6 is 0 Å². The Bertz CT molecular complexity index is 762. The van der Waals surface area contributed by atoms with Crippen molar-refractivity contribution in [2.24, 2.45) is 0 Å². The lowest BCUT2D eigenvalue weighted by molar-refractivity contribution is -0.130. The maximum Gasteiger partial charge on any atom is 0.336 e. The highest BCUT2D eigenvalue weighted by Crippen LogP contribution is 2.26. The molecule has 0 saturated carbocycles.